The zero-order valence-electron chi connectivity index (χ0n) is 25.0. The van der Waals surface area contributed by atoms with Crippen LogP contribution < -0.4 is 14.8 Å². The number of hydrogen-bond donors (Lipinski definition) is 1. The Balaban J connectivity index is 1.80. The molecule has 0 bridgehead atoms. The standard InChI is InChI=1S/C29H42N2O8SSi/c1-28(2,3)41-39-29(4,5)25-14-11-15-31(25)26(32)21-18-23(36-6)24(37-7)19-22(21)30-27(33)38-16-17-40(34,35)20-12-9-8-10-13-20/h8-10,12-13,18-19,25H,11,14-17,41H2,1-7H3,(H,30,33). The third-order valence-corrected chi connectivity index (χ3v) is 10.3. The van der Waals surface area contributed by atoms with Crippen molar-refractivity contribution in [2.75, 3.05) is 38.4 Å². The van der Waals surface area contributed by atoms with E-state index in [2.05, 4.69) is 26.1 Å². The highest BCUT2D eigenvalue weighted by molar-refractivity contribution is 7.91. The van der Waals surface area contributed by atoms with Crippen LogP contribution in [0.15, 0.2) is 47.4 Å². The lowest BCUT2D eigenvalue weighted by Crippen LogP contribution is -2.51. The molecule has 1 aliphatic heterocycles. The summed E-state index contributed by atoms with van der Waals surface area (Å²) in [7, 11) is -1.58. The fourth-order valence-corrected chi connectivity index (χ4v) is 6.79. The summed E-state index contributed by atoms with van der Waals surface area (Å²) in [6.45, 7) is 10.7. The predicted molar refractivity (Wildman–Crippen MR) is 160 cm³/mol. The van der Waals surface area contributed by atoms with Crippen molar-refractivity contribution in [1.82, 2.24) is 4.90 Å². The van der Waals surface area contributed by atoms with Crippen LogP contribution in [0.4, 0.5) is 10.5 Å². The molecule has 1 N–H and O–H groups in total. The van der Waals surface area contributed by atoms with Gasteiger partial charge in [0.1, 0.15) is 6.61 Å². The SMILES string of the molecule is COc1cc(NC(=O)OCCS(=O)(=O)c2ccccc2)c(C(=O)N2CCCC2C(C)(C)O[SiH2]C(C)(C)C)cc1OC. The molecule has 1 unspecified atom stereocenters. The minimum absolute atomic E-state index is 0.103. The number of sulfone groups is 1. The van der Waals surface area contributed by atoms with E-state index in [1.54, 1.807) is 23.1 Å². The highest BCUT2D eigenvalue weighted by Gasteiger charge is 2.42. The number of methoxy groups -OCH3 is 2. The van der Waals surface area contributed by atoms with E-state index in [-0.39, 0.29) is 45.5 Å². The summed E-state index contributed by atoms with van der Waals surface area (Å²) >= 11 is 0. The van der Waals surface area contributed by atoms with Crippen LogP contribution in [-0.2, 0) is 19.0 Å². The van der Waals surface area contributed by atoms with E-state index in [1.807, 2.05) is 13.8 Å². The molecule has 0 saturated carbocycles. The molecule has 1 fully saturated rings. The number of hydrogen-bond acceptors (Lipinski definition) is 8. The Labute approximate surface area is 245 Å². The maximum Gasteiger partial charge on any atom is 0.411 e. The zero-order valence-corrected chi connectivity index (χ0v) is 27.2. The fraction of sp³-hybridized carbons (Fsp3) is 0.517. The van der Waals surface area contributed by atoms with Crippen LogP contribution in [0.3, 0.4) is 0 Å². The van der Waals surface area contributed by atoms with Gasteiger partial charge in [-0.25, -0.2) is 13.2 Å². The Kier molecular flexibility index (Phi) is 10.5. The third-order valence-electron chi connectivity index (χ3n) is 6.87. The lowest BCUT2D eigenvalue weighted by atomic mass is 9.96. The van der Waals surface area contributed by atoms with E-state index in [0.717, 1.165) is 12.8 Å². The maximum absolute atomic E-state index is 14.0. The number of carbonyl (C=O) groups excluding carboxylic acids is 2. The van der Waals surface area contributed by atoms with Gasteiger partial charge in [-0.2, -0.15) is 0 Å². The van der Waals surface area contributed by atoms with Crippen molar-refractivity contribution in [3.05, 3.63) is 48.0 Å². The highest BCUT2D eigenvalue weighted by atomic mass is 32.2. The van der Waals surface area contributed by atoms with Gasteiger partial charge >= 0.3 is 6.09 Å². The van der Waals surface area contributed by atoms with E-state index in [4.69, 9.17) is 18.6 Å². The van der Waals surface area contributed by atoms with Crippen LogP contribution in [0.2, 0.25) is 5.04 Å². The summed E-state index contributed by atoms with van der Waals surface area (Å²) in [4.78, 5) is 28.7. The molecule has 3 rings (SSSR count). The second kappa shape index (κ2) is 13.3. The molecule has 0 radical (unpaired) electrons. The van der Waals surface area contributed by atoms with Gasteiger partial charge in [-0.1, -0.05) is 39.0 Å². The molecule has 12 heteroatoms. The third kappa shape index (κ3) is 8.46. The molecular formula is C29H42N2O8SSi. The smallest absolute Gasteiger partial charge is 0.411 e. The number of nitrogens with zero attached hydrogens (tertiary/aromatic N) is 1. The molecule has 0 spiro atoms. The van der Waals surface area contributed by atoms with Gasteiger partial charge in [0.15, 0.2) is 31.1 Å². The second-order valence-corrected chi connectivity index (χ2v) is 16.6. The Morgan fingerprint density at radius 2 is 1.66 bits per heavy atom. The second-order valence-electron chi connectivity index (χ2n) is 11.8. The van der Waals surface area contributed by atoms with Gasteiger partial charge in [0.2, 0.25) is 0 Å². The molecule has 0 aromatic heterocycles. The fourth-order valence-electron chi connectivity index (χ4n) is 4.68. The first-order valence-electron chi connectivity index (χ1n) is 13.6. The molecule has 1 saturated heterocycles. The number of nitrogens with one attached hydrogen (secondary N) is 1. The van der Waals surface area contributed by atoms with Gasteiger partial charge in [0.05, 0.1) is 47.8 Å². The molecule has 1 atom stereocenters. The van der Waals surface area contributed by atoms with Gasteiger partial charge in [0.25, 0.3) is 5.91 Å². The Morgan fingerprint density at radius 1 is 1.02 bits per heavy atom. The van der Waals surface area contributed by atoms with Crippen LogP contribution >= 0.6 is 0 Å². The number of rotatable bonds is 11. The first-order valence-corrected chi connectivity index (χ1v) is 16.5. The number of benzene rings is 2. The van der Waals surface area contributed by atoms with Crippen molar-refractivity contribution >= 4 is 37.3 Å². The Hall–Kier alpha value is -3.09. The monoisotopic (exact) mass is 606 g/mol. The molecule has 1 aliphatic rings. The Morgan fingerprint density at radius 3 is 2.27 bits per heavy atom. The van der Waals surface area contributed by atoms with Crippen molar-refractivity contribution in [3.63, 3.8) is 0 Å². The normalized spacial score (nSPS) is 16.2. The van der Waals surface area contributed by atoms with E-state index >= 15 is 0 Å². The maximum atomic E-state index is 14.0. The molecule has 10 nitrogen and oxygen atoms in total. The van der Waals surface area contributed by atoms with Crippen molar-refractivity contribution in [3.8, 4) is 11.5 Å². The predicted octanol–water partition coefficient (Wildman–Crippen LogP) is 4.43. The quantitative estimate of drug-likeness (QED) is 0.373. The van der Waals surface area contributed by atoms with Gasteiger partial charge in [-0.15, -0.1) is 0 Å². The summed E-state index contributed by atoms with van der Waals surface area (Å²) in [6.07, 6.45) is 0.729. The van der Waals surface area contributed by atoms with E-state index < -0.39 is 31.3 Å². The summed E-state index contributed by atoms with van der Waals surface area (Å²) in [6, 6.07) is 10.8. The molecule has 0 aliphatic carbocycles. The van der Waals surface area contributed by atoms with Crippen LogP contribution in [0, 0.1) is 0 Å². The van der Waals surface area contributed by atoms with Crippen molar-refractivity contribution in [2.45, 2.75) is 69.0 Å². The van der Waals surface area contributed by atoms with Gasteiger partial charge < -0.3 is 23.5 Å². The highest BCUT2D eigenvalue weighted by Crippen LogP contribution is 2.37. The van der Waals surface area contributed by atoms with Crippen LogP contribution in [0.1, 0.15) is 57.8 Å². The van der Waals surface area contributed by atoms with E-state index in [9.17, 15) is 18.0 Å². The minimum atomic E-state index is -3.63. The number of carbonyl (C=O) groups is 2. The lowest BCUT2D eigenvalue weighted by Gasteiger charge is -2.40. The van der Waals surface area contributed by atoms with Crippen molar-refractivity contribution < 1.29 is 36.6 Å². The zero-order chi connectivity index (χ0) is 30.4. The Bertz CT molecular complexity index is 1330. The summed E-state index contributed by atoms with van der Waals surface area (Å²) in [5, 5.41) is 2.71. The van der Waals surface area contributed by atoms with Gasteiger partial charge in [-0.3, -0.25) is 10.1 Å². The summed E-state index contributed by atoms with van der Waals surface area (Å²) in [5.41, 5.74) is -0.178. The van der Waals surface area contributed by atoms with Gasteiger partial charge in [-0.05, 0) is 49.9 Å². The number of amides is 2. The average Bonchev–Trinajstić information content (AvgIpc) is 3.43. The summed E-state index contributed by atoms with van der Waals surface area (Å²) < 4.78 is 47.5. The minimum Gasteiger partial charge on any atom is -0.493 e. The van der Waals surface area contributed by atoms with Crippen LogP contribution in [-0.4, -0.2) is 79.8 Å². The molecular weight excluding hydrogens is 564 g/mol. The molecule has 2 amide bonds. The number of likely N-dealkylation sites (tertiary alicyclic amines) is 1. The van der Waals surface area contributed by atoms with E-state index in [1.165, 1.54) is 38.5 Å². The molecule has 41 heavy (non-hydrogen) atoms. The van der Waals surface area contributed by atoms with Gasteiger partial charge in [0, 0.05) is 12.6 Å². The average molecular weight is 607 g/mol. The first kappa shape index (κ1) is 32.4. The van der Waals surface area contributed by atoms with E-state index in [0.29, 0.717) is 18.0 Å². The molecule has 2 aromatic rings. The first-order chi connectivity index (χ1) is 19.2. The number of ether oxygens (including phenoxy) is 3. The van der Waals surface area contributed by atoms with Crippen LogP contribution in [0.5, 0.6) is 11.5 Å². The molecule has 2 aromatic carbocycles. The molecule has 226 valence electrons. The lowest BCUT2D eigenvalue weighted by molar-refractivity contribution is 0.0179. The molecule has 1 heterocycles. The van der Waals surface area contributed by atoms with Crippen molar-refractivity contribution in [2.24, 2.45) is 0 Å². The number of anilines is 1. The topological polar surface area (TPSA) is 120 Å². The van der Waals surface area contributed by atoms with Crippen LogP contribution in [0.25, 0.3) is 0 Å². The van der Waals surface area contributed by atoms with Crippen molar-refractivity contribution in [1.29, 1.82) is 0 Å². The summed E-state index contributed by atoms with van der Waals surface area (Å²) in [5.74, 6) is -0.0339. The largest absolute Gasteiger partial charge is 0.493 e.